The van der Waals surface area contributed by atoms with E-state index in [0.29, 0.717) is 0 Å². The molecule has 0 unspecified atom stereocenters. The van der Waals surface area contributed by atoms with Gasteiger partial charge in [0.2, 0.25) is 0 Å². The maximum absolute atomic E-state index is 4.99. The molecule has 158 valence electrons. The first kappa shape index (κ1) is 18.5. The number of benzene rings is 4. The molecule has 6 aromatic rings. The van der Waals surface area contributed by atoms with Crippen LogP contribution < -0.4 is 4.90 Å². The van der Waals surface area contributed by atoms with Crippen LogP contribution in [-0.2, 0) is 5.41 Å². The third-order valence-corrected chi connectivity index (χ3v) is 7.17. The van der Waals surface area contributed by atoms with Gasteiger partial charge in [-0.05, 0) is 52.9 Å². The predicted octanol–water partition coefficient (Wildman–Crippen LogP) is 7.75. The van der Waals surface area contributed by atoms with Crippen LogP contribution >= 0.6 is 0 Å². The largest absolute Gasteiger partial charge is 0.310 e. The molecule has 4 aromatic carbocycles. The molecule has 0 N–H and O–H groups in total. The first-order valence-corrected chi connectivity index (χ1v) is 11.4. The summed E-state index contributed by atoms with van der Waals surface area (Å²) < 4.78 is 2.22. The van der Waals surface area contributed by atoms with Crippen molar-refractivity contribution in [1.82, 2.24) is 9.38 Å². The summed E-state index contributed by atoms with van der Waals surface area (Å²) in [7, 11) is 0. The number of para-hydroxylation sites is 2. The van der Waals surface area contributed by atoms with Crippen molar-refractivity contribution >= 4 is 44.5 Å². The van der Waals surface area contributed by atoms with Crippen LogP contribution in [0.15, 0.2) is 103 Å². The quantitative estimate of drug-likeness (QED) is 0.268. The van der Waals surface area contributed by atoms with Gasteiger partial charge < -0.3 is 4.90 Å². The Morgan fingerprint density at radius 1 is 0.697 bits per heavy atom. The summed E-state index contributed by atoms with van der Waals surface area (Å²) in [4.78, 5) is 7.38. The van der Waals surface area contributed by atoms with Gasteiger partial charge in [0.25, 0.3) is 0 Å². The molecule has 0 spiro atoms. The summed E-state index contributed by atoms with van der Waals surface area (Å²) in [6.45, 7) is 4.64. The lowest BCUT2D eigenvalue weighted by Gasteiger charge is -2.42. The van der Waals surface area contributed by atoms with Crippen LogP contribution in [0.5, 0.6) is 0 Å². The predicted molar refractivity (Wildman–Crippen MR) is 137 cm³/mol. The summed E-state index contributed by atoms with van der Waals surface area (Å²) in [6.07, 6.45) is 2.14. The number of nitrogens with zero attached hydrogens (tertiary/aromatic N) is 3. The van der Waals surface area contributed by atoms with Crippen molar-refractivity contribution in [1.29, 1.82) is 0 Å². The second kappa shape index (κ2) is 6.46. The zero-order chi connectivity index (χ0) is 22.2. The Hall–Kier alpha value is -4.11. The van der Waals surface area contributed by atoms with E-state index in [1.807, 2.05) is 0 Å². The average molecular weight is 426 g/mol. The number of fused-ring (bicyclic) bond motifs is 7. The number of hydrogen-bond donors (Lipinski definition) is 0. The minimum Gasteiger partial charge on any atom is -0.310 e. The third kappa shape index (κ3) is 2.48. The Morgan fingerprint density at radius 3 is 2.12 bits per heavy atom. The lowest BCUT2D eigenvalue weighted by molar-refractivity contribution is 0.632. The van der Waals surface area contributed by atoms with Crippen molar-refractivity contribution in [2.45, 2.75) is 19.3 Å². The molecule has 3 heterocycles. The zero-order valence-corrected chi connectivity index (χ0v) is 18.7. The van der Waals surface area contributed by atoms with Crippen LogP contribution in [0.2, 0.25) is 0 Å². The van der Waals surface area contributed by atoms with E-state index in [4.69, 9.17) is 4.98 Å². The van der Waals surface area contributed by atoms with Gasteiger partial charge in [0.1, 0.15) is 5.65 Å². The summed E-state index contributed by atoms with van der Waals surface area (Å²) >= 11 is 0. The van der Waals surface area contributed by atoms with E-state index in [2.05, 4.69) is 126 Å². The van der Waals surface area contributed by atoms with Crippen molar-refractivity contribution in [3.8, 4) is 0 Å². The molecular weight excluding hydrogens is 402 g/mol. The standard InChI is InChI=1S/C30H23N3/c1-30(2)23-11-5-7-13-26(23)33(27-14-8-6-12-24(27)30)21-15-16-25-28(19-21)32-18-17-20-9-3-4-10-22(20)29(32)31-25/h3-19H,1-2H3. The molecule has 0 amide bonds. The molecule has 0 saturated heterocycles. The number of aromatic nitrogens is 2. The zero-order valence-electron chi connectivity index (χ0n) is 18.7. The molecule has 0 atom stereocenters. The molecule has 2 aromatic heterocycles. The van der Waals surface area contributed by atoms with Crippen LogP contribution in [0.3, 0.4) is 0 Å². The van der Waals surface area contributed by atoms with Gasteiger partial charge in [-0.2, -0.15) is 0 Å². The average Bonchev–Trinajstić information content (AvgIpc) is 3.23. The fourth-order valence-corrected chi connectivity index (χ4v) is 5.51. The molecule has 0 radical (unpaired) electrons. The summed E-state index contributed by atoms with van der Waals surface area (Å²) in [5.74, 6) is 0. The molecule has 1 aliphatic heterocycles. The normalized spacial score (nSPS) is 14.5. The number of hydrogen-bond acceptors (Lipinski definition) is 2. The van der Waals surface area contributed by atoms with Crippen LogP contribution in [0.1, 0.15) is 25.0 Å². The Bertz CT molecular complexity index is 1660. The van der Waals surface area contributed by atoms with E-state index >= 15 is 0 Å². The number of imidazole rings is 1. The van der Waals surface area contributed by atoms with E-state index in [0.717, 1.165) is 22.4 Å². The van der Waals surface area contributed by atoms with E-state index < -0.39 is 0 Å². The first-order chi connectivity index (χ1) is 16.1. The highest BCUT2D eigenvalue weighted by atomic mass is 15.2. The Kier molecular flexibility index (Phi) is 3.61. The smallest absolute Gasteiger partial charge is 0.145 e. The second-order valence-corrected chi connectivity index (χ2v) is 9.38. The van der Waals surface area contributed by atoms with Gasteiger partial charge in [-0.1, -0.05) is 74.5 Å². The van der Waals surface area contributed by atoms with Gasteiger partial charge in [0, 0.05) is 22.7 Å². The fourth-order valence-electron chi connectivity index (χ4n) is 5.51. The first-order valence-electron chi connectivity index (χ1n) is 11.4. The van der Waals surface area contributed by atoms with Crippen molar-refractivity contribution in [3.05, 3.63) is 114 Å². The topological polar surface area (TPSA) is 20.5 Å². The molecule has 0 bridgehead atoms. The molecule has 0 aliphatic carbocycles. The number of rotatable bonds is 1. The van der Waals surface area contributed by atoms with E-state index in [1.165, 1.54) is 33.3 Å². The molecule has 0 fully saturated rings. The van der Waals surface area contributed by atoms with Crippen molar-refractivity contribution in [3.63, 3.8) is 0 Å². The van der Waals surface area contributed by atoms with Crippen molar-refractivity contribution in [2.75, 3.05) is 4.90 Å². The Balaban J connectivity index is 1.52. The maximum Gasteiger partial charge on any atom is 0.145 e. The van der Waals surface area contributed by atoms with Crippen molar-refractivity contribution < 1.29 is 0 Å². The molecule has 1 aliphatic rings. The number of anilines is 3. The molecule has 3 heteroatoms. The lowest BCUT2D eigenvalue weighted by atomic mass is 9.73. The third-order valence-electron chi connectivity index (χ3n) is 7.17. The number of pyridine rings is 1. The van der Waals surface area contributed by atoms with Crippen LogP contribution in [0.25, 0.3) is 27.5 Å². The van der Waals surface area contributed by atoms with Crippen molar-refractivity contribution in [2.24, 2.45) is 0 Å². The van der Waals surface area contributed by atoms with E-state index in [9.17, 15) is 0 Å². The second-order valence-electron chi connectivity index (χ2n) is 9.38. The summed E-state index contributed by atoms with van der Waals surface area (Å²) in [6, 6.07) is 34.8. The summed E-state index contributed by atoms with van der Waals surface area (Å²) in [5, 5.41) is 2.38. The molecule has 7 rings (SSSR count). The Morgan fingerprint density at radius 2 is 1.36 bits per heavy atom. The monoisotopic (exact) mass is 425 g/mol. The SMILES string of the molecule is CC1(C)c2ccccc2N(c2ccc3nc4c5ccccc5ccn4c3c2)c2ccccc21. The highest BCUT2D eigenvalue weighted by Gasteiger charge is 2.36. The van der Waals surface area contributed by atoms with Gasteiger partial charge in [0.15, 0.2) is 0 Å². The highest BCUT2D eigenvalue weighted by molar-refractivity contribution is 5.99. The van der Waals surface area contributed by atoms with Crippen LogP contribution in [0, 0.1) is 0 Å². The highest BCUT2D eigenvalue weighted by Crippen LogP contribution is 2.51. The van der Waals surface area contributed by atoms with Crippen LogP contribution in [-0.4, -0.2) is 9.38 Å². The Labute approximate surface area is 192 Å². The molecule has 3 nitrogen and oxygen atoms in total. The minimum atomic E-state index is -0.0595. The van der Waals surface area contributed by atoms with Gasteiger partial charge in [-0.25, -0.2) is 4.98 Å². The lowest BCUT2D eigenvalue weighted by Crippen LogP contribution is -2.30. The van der Waals surface area contributed by atoms with Gasteiger partial charge in [0.05, 0.1) is 22.4 Å². The molecule has 33 heavy (non-hydrogen) atoms. The van der Waals surface area contributed by atoms with Gasteiger partial charge >= 0.3 is 0 Å². The fraction of sp³-hybridized carbons (Fsp3) is 0.100. The molecule has 0 saturated carbocycles. The summed E-state index contributed by atoms with van der Waals surface area (Å²) in [5.41, 5.74) is 9.37. The van der Waals surface area contributed by atoms with E-state index in [-0.39, 0.29) is 5.41 Å². The minimum absolute atomic E-state index is 0.0595. The molecular formula is C30H23N3. The van der Waals surface area contributed by atoms with Gasteiger partial charge in [-0.3, -0.25) is 4.40 Å². The van der Waals surface area contributed by atoms with E-state index in [1.54, 1.807) is 0 Å². The maximum atomic E-state index is 4.99. The van der Waals surface area contributed by atoms with Crippen LogP contribution in [0.4, 0.5) is 17.1 Å². The van der Waals surface area contributed by atoms with Gasteiger partial charge in [-0.15, -0.1) is 0 Å².